The fourth-order valence-corrected chi connectivity index (χ4v) is 6.14. The summed E-state index contributed by atoms with van der Waals surface area (Å²) < 4.78 is 22.8. The summed E-state index contributed by atoms with van der Waals surface area (Å²) in [6.07, 6.45) is 4.52. The maximum absolute atomic E-state index is 12.2. The van der Waals surface area contributed by atoms with Crippen molar-refractivity contribution in [1.29, 1.82) is 0 Å². The third-order valence-electron chi connectivity index (χ3n) is 5.54. The van der Waals surface area contributed by atoms with Crippen molar-refractivity contribution < 1.29 is 22.8 Å². The van der Waals surface area contributed by atoms with Gasteiger partial charge < -0.3 is 0 Å². The topological polar surface area (TPSA) is 109 Å². The van der Waals surface area contributed by atoms with Gasteiger partial charge in [0.2, 0.25) is 11.8 Å². The molecule has 3 aliphatic rings. The van der Waals surface area contributed by atoms with Gasteiger partial charge >= 0.3 is 0 Å². The molecule has 1 saturated heterocycles. The second kappa shape index (κ2) is 6.82. The van der Waals surface area contributed by atoms with E-state index in [1.807, 2.05) is 0 Å². The van der Waals surface area contributed by atoms with E-state index in [-0.39, 0.29) is 53.4 Å². The molecule has 2 aliphatic carbocycles. The van der Waals surface area contributed by atoms with E-state index in [1.165, 1.54) is 0 Å². The average Bonchev–Trinajstić information content (AvgIpc) is 2.83. The Morgan fingerprint density at radius 3 is 2.29 bits per heavy atom. The molecule has 2 N–H and O–H groups in total. The molecular formula is C16H24N2O5S. The molecule has 3 rings (SSSR count). The highest BCUT2D eigenvalue weighted by molar-refractivity contribution is 7.91. The van der Waals surface area contributed by atoms with Crippen LogP contribution < -0.4 is 10.9 Å². The van der Waals surface area contributed by atoms with Gasteiger partial charge in [-0.25, -0.2) is 8.42 Å². The molecule has 3 atom stereocenters. The Balaban J connectivity index is 1.44. The Hall–Kier alpha value is -1.44. The van der Waals surface area contributed by atoms with E-state index >= 15 is 0 Å². The molecule has 134 valence electrons. The second-order valence-corrected chi connectivity index (χ2v) is 9.63. The van der Waals surface area contributed by atoms with Gasteiger partial charge in [-0.15, -0.1) is 0 Å². The second-order valence-electron chi connectivity index (χ2n) is 7.41. The van der Waals surface area contributed by atoms with Gasteiger partial charge in [-0.05, 0) is 38.0 Å². The van der Waals surface area contributed by atoms with E-state index in [1.54, 1.807) is 0 Å². The summed E-state index contributed by atoms with van der Waals surface area (Å²) in [5, 5.41) is 0. The van der Waals surface area contributed by atoms with E-state index in [2.05, 4.69) is 10.9 Å². The van der Waals surface area contributed by atoms with Crippen LogP contribution in [-0.2, 0) is 24.2 Å². The summed E-state index contributed by atoms with van der Waals surface area (Å²) >= 11 is 0. The molecule has 2 amide bonds. The van der Waals surface area contributed by atoms with Crippen LogP contribution in [0.15, 0.2) is 0 Å². The Morgan fingerprint density at radius 1 is 1.04 bits per heavy atom. The summed E-state index contributed by atoms with van der Waals surface area (Å²) in [6, 6.07) is 0. The van der Waals surface area contributed by atoms with Gasteiger partial charge in [-0.1, -0.05) is 6.42 Å². The number of sulfone groups is 1. The van der Waals surface area contributed by atoms with E-state index in [0.717, 1.165) is 19.3 Å². The summed E-state index contributed by atoms with van der Waals surface area (Å²) in [7, 11) is -3.00. The molecule has 0 radical (unpaired) electrons. The lowest BCUT2D eigenvalue weighted by Gasteiger charge is -2.36. The first-order valence-corrected chi connectivity index (χ1v) is 10.5. The molecule has 7 nitrogen and oxygen atoms in total. The molecule has 3 fully saturated rings. The number of carbonyl (C=O) groups excluding carboxylic acids is 3. The van der Waals surface area contributed by atoms with Crippen LogP contribution >= 0.6 is 0 Å². The molecule has 2 bridgehead atoms. The fraction of sp³-hybridized carbons (Fsp3) is 0.812. The Morgan fingerprint density at radius 2 is 1.71 bits per heavy atom. The largest absolute Gasteiger partial charge is 0.299 e. The van der Waals surface area contributed by atoms with Crippen LogP contribution in [0.4, 0.5) is 0 Å². The van der Waals surface area contributed by atoms with Gasteiger partial charge in [0, 0.05) is 24.2 Å². The summed E-state index contributed by atoms with van der Waals surface area (Å²) in [5.74, 6) is -0.538. The molecule has 24 heavy (non-hydrogen) atoms. The van der Waals surface area contributed by atoms with Gasteiger partial charge in [0.05, 0.1) is 11.5 Å². The van der Waals surface area contributed by atoms with Crippen molar-refractivity contribution >= 4 is 27.4 Å². The number of hydrogen-bond acceptors (Lipinski definition) is 5. The number of amides is 2. The number of nitrogens with one attached hydrogen (secondary N) is 2. The number of ketones is 1. The van der Waals surface area contributed by atoms with Crippen molar-refractivity contribution in [2.75, 3.05) is 11.5 Å². The van der Waals surface area contributed by atoms with E-state index < -0.39 is 9.84 Å². The lowest BCUT2D eigenvalue weighted by atomic mass is 9.67. The summed E-state index contributed by atoms with van der Waals surface area (Å²) in [4.78, 5) is 36.2. The molecule has 0 aromatic rings. The number of hydrogen-bond donors (Lipinski definition) is 2. The summed E-state index contributed by atoms with van der Waals surface area (Å²) in [6.45, 7) is 0. The van der Waals surface area contributed by atoms with E-state index in [9.17, 15) is 22.8 Å². The summed E-state index contributed by atoms with van der Waals surface area (Å²) in [5.41, 5.74) is 4.84. The van der Waals surface area contributed by atoms with Gasteiger partial charge in [0.1, 0.15) is 5.78 Å². The highest BCUT2D eigenvalue weighted by atomic mass is 32.2. The number of rotatable bonds is 3. The first-order chi connectivity index (χ1) is 11.3. The van der Waals surface area contributed by atoms with Crippen LogP contribution in [0.3, 0.4) is 0 Å². The molecule has 0 aromatic carbocycles. The molecule has 3 unspecified atom stereocenters. The van der Waals surface area contributed by atoms with Crippen LogP contribution in [0.25, 0.3) is 0 Å². The number of hydrazine groups is 1. The van der Waals surface area contributed by atoms with Crippen LogP contribution in [0.1, 0.15) is 44.9 Å². The van der Waals surface area contributed by atoms with Crippen LogP contribution in [-0.4, -0.2) is 37.5 Å². The van der Waals surface area contributed by atoms with Crippen molar-refractivity contribution in [3.05, 3.63) is 0 Å². The van der Waals surface area contributed by atoms with Crippen LogP contribution in [0.5, 0.6) is 0 Å². The average molecular weight is 356 g/mol. The van der Waals surface area contributed by atoms with Gasteiger partial charge in [-0.2, -0.15) is 0 Å². The van der Waals surface area contributed by atoms with Crippen molar-refractivity contribution in [2.24, 2.45) is 23.7 Å². The van der Waals surface area contributed by atoms with E-state index in [4.69, 9.17) is 0 Å². The molecule has 1 aliphatic heterocycles. The maximum atomic E-state index is 12.2. The zero-order valence-corrected chi connectivity index (χ0v) is 14.4. The Labute approximate surface area is 141 Å². The zero-order chi connectivity index (χ0) is 17.3. The van der Waals surface area contributed by atoms with Crippen molar-refractivity contribution in [2.45, 2.75) is 44.9 Å². The van der Waals surface area contributed by atoms with Crippen LogP contribution in [0, 0.1) is 23.7 Å². The molecule has 0 spiro atoms. The predicted octanol–water partition coefficient (Wildman–Crippen LogP) is 0.354. The monoisotopic (exact) mass is 356 g/mol. The Kier molecular flexibility index (Phi) is 4.94. The lowest BCUT2D eigenvalue weighted by molar-refractivity contribution is -0.139. The standard InChI is InChI=1S/C16H24N2O5S/c19-14(6-10-4-5-24(22,23)9-10)17-18-16(21)13-7-11-2-1-3-12(8-13)15(11)20/h10-13H,1-9H2,(H,17,19)(H,18,21). The van der Waals surface area contributed by atoms with Crippen molar-refractivity contribution in [3.63, 3.8) is 0 Å². The lowest BCUT2D eigenvalue weighted by Crippen LogP contribution is -2.48. The third-order valence-corrected chi connectivity index (χ3v) is 7.38. The normalized spacial score (nSPS) is 34.6. The molecule has 8 heteroatoms. The number of fused-ring (bicyclic) bond motifs is 2. The Bertz CT molecular complexity index is 629. The quantitative estimate of drug-likeness (QED) is 0.709. The molecule has 0 aromatic heterocycles. The molecular weight excluding hydrogens is 332 g/mol. The third kappa shape index (κ3) is 3.96. The van der Waals surface area contributed by atoms with Gasteiger partial charge in [-0.3, -0.25) is 25.2 Å². The highest BCUT2D eigenvalue weighted by Gasteiger charge is 2.41. The highest BCUT2D eigenvalue weighted by Crippen LogP contribution is 2.40. The van der Waals surface area contributed by atoms with Gasteiger partial charge in [0.15, 0.2) is 9.84 Å². The van der Waals surface area contributed by atoms with Gasteiger partial charge in [0.25, 0.3) is 0 Å². The minimum Gasteiger partial charge on any atom is -0.299 e. The number of Topliss-reactive ketones (excluding diaryl/α,β-unsaturated/α-hetero) is 1. The maximum Gasteiger partial charge on any atom is 0.241 e. The zero-order valence-electron chi connectivity index (χ0n) is 13.6. The van der Waals surface area contributed by atoms with Crippen LogP contribution in [0.2, 0.25) is 0 Å². The first-order valence-electron chi connectivity index (χ1n) is 8.67. The predicted molar refractivity (Wildman–Crippen MR) is 86.2 cm³/mol. The van der Waals surface area contributed by atoms with Crippen molar-refractivity contribution in [3.8, 4) is 0 Å². The fourth-order valence-electron chi connectivity index (χ4n) is 4.27. The smallest absolute Gasteiger partial charge is 0.241 e. The SMILES string of the molecule is O=C(CC1CCS(=O)(=O)C1)NNC(=O)C1CC2CCCC(C1)C2=O. The first kappa shape index (κ1) is 17.4. The van der Waals surface area contributed by atoms with E-state index in [0.29, 0.717) is 25.0 Å². The van der Waals surface area contributed by atoms with Crippen molar-refractivity contribution in [1.82, 2.24) is 10.9 Å². The molecule has 2 saturated carbocycles. The molecule has 1 heterocycles. The minimum absolute atomic E-state index is 0.00681. The minimum atomic E-state index is -3.00. The number of carbonyl (C=O) groups is 3.